The van der Waals surface area contributed by atoms with Crippen LogP contribution in [0.5, 0.6) is 0 Å². The van der Waals surface area contributed by atoms with E-state index in [1.165, 1.54) is 5.56 Å². The summed E-state index contributed by atoms with van der Waals surface area (Å²) in [6.45, 7) is 10.2. The fraction of sp³-hybridized carbons (Fsp3) is 0.562. The van der Waals surface area contributed by atoms with E-state index in [4.69, 9.17) is 5.11 Å². The topological polar surface area (TPSA) is 40.5 Å². The summed E-state index contributed by atoms with van der Waals surface area (Å²) in [5.41, 5.74) is 2.60. The first-order valence-corrected chi connectivity index (χ1v) is 6.82. The van der Waals surface area contributed by atoms with Gasteiger partial charge in [-0.25, -0.2) is 0 Å². The minimum Gasteiger partial charge on any atom is -0.481 e. The molecule has 0 saturated carbocycles. The van der Waals surface area contributed by atoms with Crippen molar-refractivity contribution in [2.75, 3.05) is 18.0 Å². The molecule has 0 spiro atoms. The van der Waals surface area contributed by atoms with Gasteiger partial charge >= 0.3 is 5.97 Å². The summed E-state index contributed by atoms with van der Waals surface area (Å²) in [6, 6.07) is 8.16. The molecule has 0 unspecified atom stereocenters. The van der Waals surface area contributed by atoms with Gasteiger partial charge in [0.05, 0.1) is 6.42 Å². The Kier molecular flexibility index (Phi) is 5.40. The number of aliphatic carboxylic acids is 1. The van der Waals surface area contributed by atoms with Gasteiger partial charge in [-0.1, -0.05) is 39.0 Å². The Bertz CT molecular complexity index is 421. The predicted molar refractivity (Wildman–Crippen MR) is 79.7 cm³/mol. The van der Waals surface area contributed by atoms with Crippen LogP contribution in [0.25, 0.3) is 0 Å². The number of para-hydroxylation sites is 1. The molecule has 19 heavy (non-hydrogen) atoms. The van der Waals surface area contributed by atoms with Crippen LogP contribution in [-0.4, -0.2) is 24.2 Å². The quantitative estimate of drug-likeness (QED) is 0.850. The van der Waals surface area contributed by atoms with Crippen LogP contribution in [0.2, 0.25) is 0 Å². The Morgan fingerprint density at radius 3 is 2.37 bits per heavy atom. The van der Waals surface area contributed by atoms with Crippen LogP contribution in [0, 0.1) is 12.3 Å². The minimum absolute atomic E-state index is 0.179. The van der Waals surface area contributed by atoms with Crippen LogP contribution in [0.4, 0.5) is 5.69 Å². The van der Waals surface area contributed by atoms with Crippen molar-refractivity contribution in [3.05, 3.63) is 29.8 Å². The molecule has 1 rings (SSSR count). The van der Waals surface area contributed by atoms with E-state index >= 15 is 0 Å². The van der Waals surface area contributed by atoms with Gasteiger partial charge in [0, 0.05) is 18.8 Å². The smallest absolute Gasteiger partial charge is 0.305 e. The second-order valence-electron chi connectivity index (χ2n) is 6.23. The van der Waals surface area contributed by atoms with Gasteiger partial charge in [0.1, 0.15) is 0 Å². The number of carboxylic acid groups (broad SMARTS) is 1. The predicted octanol–water partition coefficient (Wildman–Crippen LogP) is 3.71. The molecule has 0 bridgehead atoms. The van der Waals surface area contributed by atoms with Crippen LogP contribution in [0.15, 0.2) is 24.3 Å². The summed E-state index contributed by atoms with van der Waals surface area (Å²) in [5.74, 6) is -0.741. The van der Waals surface area contributed by atoms with Crippen LogP contribution in [-0.2, 0) is 4.79 Å². The van der Waals surface area contributed by atoms with E-state index in [-0.39, 0.29) is 11.8 Å². The molecule has 1 aromatic rings. The van der Waals surface area contributed by atoms with Crippen molar-refractivity contribution in [2.45, 2.75) is 40.5 Å². The van der Waals surface area contributed by atoms with Crippen molar-refractivity contribution in [1.82, 2.24) is 0 Å². The largest absolute Gasteiger partial charge is 0.481 e. The molecule has 0 aliphatic heterocycles. The van der Waals surface area contributed by atoms with Crippen LogP contribution < -0.4 is 4.90 Å². The zero-order valence-corrected chi connectivity index (χ0v) is 12.4. The van der Waals surface area contributed by atoms with E-state index in [2.05, 4.69) is 44.7 Å². The number of benzene rings is 1. The Morgan fingerprint density at radius 2 is 1.84 bits per heavy atom. The lowest BCUT2D eigenvalue weighted by molar-refractivity contribution is -0.136. The summed E-state index contributed by atoms with van der Waals surface area (Å²) in [6.07, 6.45) is 1.22. The van der Waals surface area contributed by atoms with Gasteiger partial charge < -0.3 is 10.0 Å². The Labute approximate surface area is 116 Å². The molecule has 0 heterocycles. The summed E-state index contributed by atoms with van der Waals surface area (Å²) >= 11 is 0. The fourth-order valence-electron chi connectivity index (χ4n) is 1.97. The summed E-state index contributed by atoms with van der Waals surface area (Å²) < 4.78 is 0. The Morgan fingerprint density at radius 1 is 1.21 bits per heavy atom. The molecule has 106 valence electrons. The molecule has 0 aliphatic rings. The van der Waals surface area contributed by atoms with Gasteiger partial charge in [-0.05, 0) is 30.4 Å². The third kappa shape index (κ3) is 5.77. The zero-order chi connectivity index (χ0) is 14.5. The molecule has 3 nitrogen and oxygen atoms in total. The second-order valence-corrected chi connectivity index (χ2v) is 6.23. The minimum atomic E-state index is -0.741. The molecule has 0 aliphatic carbocycles. The van der Waals surface area contributed by atoms with Crippen LogP contribution >= 0.6 is 0 Å². The molecule has 0 radical (unpaired) electrons. The number of anilines is 1. The maximum atomic E-state index is 10.8. The van der Waals surface area contributed by atoms with E-state index in [0.717, 1.165) is 18.7 Å². The van der Waals surface area contributed by atoms with E-state index in [1.807, 2.05) is 12.1 Å². The number of carbonyl (C=O) groups is 1. The number of nitrogens with zero attached hydrogens (tertiary/aromatic N) is 1. The highest BCUT2D eigenvalue weighted by atomic mass is 16.4. The van der Waals surface area contributed by atoms with Crippen molar-refractivity contribution in [3.8, 4) is 0 Å². The van der Waals surface area contributed by atoms with Gasteiger partial charge in [-0.3, -0.25) is 4.79 Å². The highest BCUT2D eigenvalue weighted by Crippen LogP contribution is 2.24. The summed E-state index contributed by atoms with van der Waals surface area (Å²) in [5, 5.41) is 8.88. The molecule has 1 aromatic carbocycles. The molecular formula is C16H25NO2. The molecule has 0 amide bonds. The zero-order valence-electron chi connectivity index (χ0n) is 12.4. The van der Waals surface area contributed by atoms with Crippen LogP contribution in [0.1, 0.15) is 39.2 Å². The van der Waals surface area contributed by atoms with E-state index in [0.29, 0.717) is 6.54 Å². The molecule has 0 atom stereocenters. The van der Waals surface area contributed by atoms with Crippen molar-refractivity contribution in [2.24, 2.45) is 5.41 Å². The number of aryl methyl sites for hydroxylation is 1. The number of hydrogen-bond acceptors (Lipinski definition) is 2. The summed E-state index contributed by atoms with van der Waals surface area (Å²) in [4.78, 5) is 13.0. The third-order valence-corrected chi connectivity index (χ3v) is 3.18. The van der Waals surface area contributed by atoms with Gasteiger partial charge in [0.25, 0.3) is 0 Å². The summed E-state index contributed by atoms with van der Waals surface area (Å²) in [7, 11) is 0. The monoisotopic (exact) mass is 263 g/mol. The van der Waals surface area contributed by atoms with Gasteiger partial charge in [0.2, 0.25) is 0 Å². The molecule has 1 N–H and O–H groups in total. The standard InChI is InChI=1S/C16H25NO2/c1-13-7-5-6-8-14(13)17(11-9-15(18)19)12-10-16(2,3)4/h5-8H,9-12H2,1-4H3,(H,18,19). The second kappa shape index (κ2) is 6.60. The highest BCUT2D eigenvalue weighted by molar-refractivity contribution is 5.68. The fourth-order valence-corrected chi connectivity index (χ4v) is 1.97. The number of hydrogen-bond donors (Lipinski definition) is 1. The Balaban J connectivity index is 2.80. The van der Waals surface area contributed by atoms with Crippen LogP contribution in [0.3, 0.4) is 0 Å². The maximum Gasteiger partial charge on any atom is 0.305 e. The number of rotatable bonds is 6. The molecule has 3 heteroatoms. The van der Waals surface area contributed by atoms with Crippen molar-refractivity contribution in [1.29, 1.82) is 0 Å². The first-order chi connectivity index (χ1) is 8.79. The number of carboxylic acids is 1. The first-order valence-electron chi connectivity index (χ1n) is 6.82. The van der Waals surface area contributed by atoms with Gasteiger partial charge in [-0.2, -0.15) is 0 Å². The van der Waals surface area contributed by atoms with Crippen molar-refractivity contribution in [3.63, 3.8) is 0 Å². The third-order valence-electron chi connectivity index (χ3n) is 3.18. The highest BCUT2D eigenvalue weighted by Gasteiger charge is 2.15. The maximum absolute atomic E-state index is 10.8. The van der Waals surface area contributed by atoms with E-state index < -0.39 is 5.97 Å². The van der Waals surface area contributed by atoms with Crippen molar-refractivity contribution >= 4 is 11.7 Å². The molecule has 0 fully saturated rings. The van der Waals surface area contributed by atoms with E-state index in [9.17, 15) is 4.79 Å². The molecule has 0 aromatic heterocycles. The lowest BCUT2D eigenvalue weighted by Crippen LogP contribution is -2.30. The normalized spacial score (nSPS) is 11.4. The van der Waals surface area contributed by atoms with Gasteiger partial charge in [0.15, 0.2) is 0 Å². The van der Waals surface area contributed by atoms with E-state index in [1.54, 1.807) is 0 Å². The molecule has 0 saturated heterocycles. The average molecular weight is 263 g/mol. The first kappa shape index (κ1) is 15.5. The van der Waals surface area contributed by atoms with Gasteiger partial charge in [-0.15, -0.1) is 0 Å². The Hall–Kier alpha value is -1.51. The van der Waals surface area contributed by atoms with Crippen molar-refractivity contribution < 1.29 is 9.90 Å². The lowest BCUT2D eigenvalue weighted by atomic mass is 9.92. The average Bonchev–Trinajstić information content (AvgIpc) is 2.29. The lowest BCUT2D eigenvalue weighted by Gasteiger charge is -2.29. The molecular weight excluding hydrogens is 238 g/mol. The SMILES string of the molecule is Cc1ccccc1N(CCC(=O)O)CCC(C)(C)C.